The van der Waals surface area contributed by atoms with Gasteiger partial charge in [0.2, 0.25) is 0 Å². The molecule has 0 aromatic rings. The number of nitrogens with two attached hydrogens (primary N) is 1. The molecule has 6 N–H and O–H groups in total. The Labute approximate surface area is 84.5 Å². The monoisotopic (exact) mass is 210 g/mol. The molecule has 6 heteroatoms. The molecular formula is C8H22N2O4. The van der Waals surface area contributed by atoms with Crippen molar-refractivity contribution in [2.24, 2.45) is 5.90 Å². The minimum atomic E-state index is -0.630. The van der Waals surface area contributed by atoms with E-state index in [-0.39, 0.29) is 0 Å². The molecule has 0 aromatic heterocycles. The van der Waals surface area contributed by atoms with Crippen LogP contribution in [-0.4, -0.2) is 57.0 Å². The second kappa shape index (κ2) is 9.32. The molecule has 0 amide bonds. The standard InChI is InChI=1S/C8H19NO3.H3NO/c1-6(10)4-9(8(3)12)5-7(2)11;1-2/h6-8,10-12H,4-5H2,1-3H3;2H,1H2. The molecule has 0 radical (unpaired) electrons. The van der Waals surface area contributed by atoms with Gasteiger partial charge in [-0.15, -0.1) is 0 Å². The predicted molar refractivity (Wildman–Crippen MR) is 52.6 cm³/mol. The lowest BCUT2D eigenvalue weighted by Gasteiger charge is -2.27. The second-order valence-corrected chi connectivity index (χ2v) is 3.28. The van der Waals surface area contributed by atoms with Crippen molar-refractivity contribution in [2.75, 3.05) is 13.1 Å². The number of rotatable bonds is 5. The first-order valence-corrected chi connectivity index (χ1v) is 4.47. The summed E-state index contributed by atoms with van der Waals surface area (Å²) in [5.41, 5.74) is 0. The predicted octanol–water partition coefficient (Wildman–Crippen LogP) is -1.28. The van der Waals surface area contributed by atoms with Crippen molar-refractivity contribution in [1.29, 1.82) is 0 Å². The van der Waals surface area contributed by atoms with Crippen molar-refractivity contribution >= 4 is 0 Å². The summed E-state index contributed by atoms with van der Waals surface area (Å²) < 4.78 is 0. The summed E-state index contributed by atoms with van der Waals surface area (Å²) in [4.78, 5) is 1.62. The van der Waals surface area contributed by atoms with Gasteiger partial charge in [0.05, 0.1) is 12.2 Å². The van der Waals surface area contributed by atoms with Crippen molar-refractivity contribution < 1.29 is 20.5 Å². The highest BCUT2D eigenvalue weighted by molar-refractivity contribution is 4.64. The lowest BCUT2D eigenvalue weighted by Crippen LogP contribution is -2.42. The van der Waals surface area contributed by atoms with Gasteiger partial charge in [0.15, 0.2) is 0 Å². The molecule has 0 aliphatic heterocycles. The molecular weight excluding hydrogens is 188 g/mol. The Bertz CT molecular complexity index is 110. The van der Waals surface area contributed by atoms with Crippen LogP contribution in [0.4, 0.5) is 0 Å². The van der Waals surface area contributed by atoms with E-state index in [0.29, 0.717) is 13.1 Å². The molecule has 0 aliphatic rings. The summed E-state index contributed by atoms with van der Waals surface area (Å²) in [5.74, 6) is 3.50. The third-order valence-electron chi connectivity index (χ3n) is 1.53. The maximum Gasteiger partial charge on any atom is 0.104 e. The largest absolute Gasteiger partial charge is 0.392 e. The topological polar surface area (TPSA) is 110 Å². The van der Waals surface area contributed by atoms with Crippen LogP contribution in [0, 0.1) is 0 Å². The van der Waals surface area contributed by atoms with Crippen LogP contribution in [0.5, 0.6) is 0 Å². The van der Waals surface area contributed by atoms with Crippen LogP contribution < -0.4 is 5.90 Å². The first-order chi connectivity index (χ1) is 6.43. The normalized spacial score (nSPS) is 16.9. The fourth-order valence-corrected chi connectivity index (χ4v) is 1.06. The van der Waals surface area contributed by atoms with Crippen LogP contribution >= 0.6 is 0 Å². The van der Waals surface area contributed by atoms with Gasteiger partial charge in [-0.2, -0.15) is 0 Å². The summed E-state index contributed by atoms with van der Waals surface area (Å²) in [7, 11) is 0. The molecule has 0 bridgehead atoms. The van der Waals surface area contributed by atoms with Gasteiger partial charge in [-0.25, -0.2) is 5.90 Å². The van der Waals surface area contributed by atoms with E-state index in [1.165, 1.54) is 0 Å². The third-order valence-corrected chi connectivity index (χ3v) is 1.53. The van der Waals surface area contributed by atoms with Crippen LogP contribution in [0.15, 0.2) is 0 Å². The molecule has 0 heterocycles. The van der Waals surface area contributed by atoms with Crippen molar-refractivity contribution in [3.05, 3.63) is 0 Å². The molecule has 0 saturated carbocycles. The van der Waals surface area contributed by atoms with E-state index in [0.717, 1.165) is 0 Å². The Morgan fingerprint density at radius 3 is 1.36 bits per heavy atom. The molecule has 88 valence electrons. The van der Waals surface area contributed by atoms with Crippen LogP contribution in [0.3, 0.4) is 0 Å². The third kappa shape index (κ3) is 9.85. The van der Waals surface area contributed by atoms with Crippen molar-refractivity contribution in [3.8, 4) is 0 Å². The number of hydrogen-bond acceptors (Lipinski definition) is 6. The number of hydrogen-bond donors (Lipinski definition) is 5. The van der Waals surface area contributed by atoms with Gasteiger partial charge < -0.3 is 20.5 Å². The van der Waals surface area contributed by atoms with Gasteiger partial charge in [-0.1, -0.05) is 0 Å². The number of aliphatic hydroxyl groups excluding tert-OH is 3. The summed E-state index contributed by atoms with van der Waals surface area (Å²) in [6.07, 6.45) is -1.61. The maximum atomic E-state index is 9.21. The van der Waals surface area contributed by atoms with Gasteiger partial charge in [0.1, 0.15) is 6.23 Å². The Hall–Kier alpha value is -0.240. The van der Waals surface area contributed by atoms with E-state index in [2.05, 4.69) is 5.90 Å². The van der Waals surface area contributed by atoms with Crippen LogP contribution in [0.25, 0.3) is 0 Å². The first-order valence-electron chi connectivity index (χ1n) is 4.47. The van der Waals surface area contributed by atoms with E-state index in [9.17, 15) is 5.11 Å². The van der Waals surface area contributed by atoms with Crippen LogP contribution in [0.2, 0.25) is 0 Å². The van der Waals surface area contributed by atoms with E-state index in [1.54, 1.807) is 25.7 Å². The van der Waals surface area contributed by atoms with E-state index >= 15 is 0 Å². The highest BCUT2D eigenvalue weighted by Gasteiger charge is 2.14. The summed E-state index contributed by atoms with van der Waals surface area (Å²) in [6, 6.07) is 0. The van der Waals surface area contributed by atoms with E-state index < -0.39 is 18.4 Å². The Morgan fingerprint density at radius 2 is 1.21 bits per heavy atom. The van der Waals surface area contributed by atoms with Crippen molar-refractivity contribution in [2.45, 2.75) is 39.2 Å². The quantitative estimate of drug-likeness (QED) is 0.286. The molecule has 0 aromatic carbocycles. The zero-order valence-corrected chi connectivity index (χ0v) is 8.96. The smallest absolute Gasteiger partial charge is 0.104 e. The minimum absolute atomic E-state index is 0.378. The van der Waals surface area contributed by atoms with Crippen LogP contribution in [-0.2, 0) is 0 Å². The van der Waals surface area contributed by atoms with E-state index in [1.807, 2.05) is 0 Å². The summed E-state index contributed by atoms with van der Waals surface area (Å²) in [5, 5.41) is 33.8. The fourth-order valence-electron chi connectivity index (χ4n) is 1.06. The number of aliphatic hydroxyl groups is 3. The minimum Gasteiger partial charge on any atom is -0.392 e. The molecule has 0 fully saturated rings. The maximum absolute atomic E-state index is 9.21. The fraction of sp³-hybridized carbons (Fsp3) is 1.00. The Morgan fingerprint density at radius 1 is 0.929 bits per heavy atom. The van der Waals surface area contributed by atoms with Gasteiger partial charge in [0, 0.05) is 13.1 Å². The van der Waals surface area contributed by atoms with Crippen molar-refractivity contribution in [1.82, 2.24) is 4.90 Å². The Balaban J connectivity index is 0. The lowest BCUT2D eigenvalue weighted by atomic mass is 10.3. The summed E-state index contributed by atoms with van der Waals surface area (Å²) >= 11 is 0. The van der Waals surface area contributed by atoms with Gasteiger partial charge >= 0.3 is 0 Å². The molecule has 0 saturated heterocycles. The first kappa shape index (κ1) is 16.2. The van der Waals surface area contributed by atoms with Crippen LogP contribution in [0.1, 0.15) is 20.8 Å². The number of nitrogens with zero attached hydrogens (tertiary/aromatic N) is 1. The van der Waals surface area contributed by atoms with Crippen molar-refractivity contribution in [3.63, 3.8) is 0 Å². The van der Waals surface area contributed by atoms with Gasteiger partial charge in [-0.05, 0) is 20.8 Å². The Kier molecular flexibility index (Phi) is 10.8. The summed E-state index contributed by atoms with van der Waals surface area (Å²) in [6.45, 7) is 5.67. The molecule has 0 rings (SSSR count). The van der Waals surface area contributed by atoms with Gasteiger partial charge in [-0.3, -0.25) is 4.90 Å². The molecule has 3 unspecified atom stereocenters. The van der Waals surface area contributed by atoms with Gasteiger partial charge in [0.25, 0.3) is 0 Å². The molecule has 0 aliphatic carbocycles. The second-order valence-electron chi connectivity index (χ2n) is 3.28. The average molecular weight is 210 g/mol. The molecule has 14 heavy (non-hydrogen) atoms. The SMILES string of the molecule is CC(O)CN(CC(C)O)C(C)O.NO. The molecule has 0 spiro atoms. The highest BCUT2D eigenvalue weighted by Crippen LogP contribution is 1.99. The van der Waals surface area contributed by atoms with E-state index in [4.69, 9.17) is 15.4 Å². The average Bonchev–Trinajstić information content (AvgIpc) is 2.05. The zero-order valence-electron chi connectivity index (χ0n) is 8.96. The zero-order chi connectivity index (χ0) is 11.7. The lowest BCUT2D eigenvalue weighted by molar-refractivity contribution is -0.0281. The molecule has 3 atom stereocenters. The highest BCUT2D eigenvalue weighted by atomic mass is 16.4. The molecule has 6 nitrogen and oxygen atoms in total.